The van der Waals surface area contributed by atoms with Crippen LogP contribution >= 0.6 is 0 Å². The third kappa shape index (κ3) is 6.79. The second-order valence-electron chi connectivity index (χ2n) is 12.7. The van der Waals surface area contributed by atoms with E-state index < -0.39 is 18.1 Å². The van der Waals surface area contributed by atoms with E-state index in [2.05, 4.69) is 36.1 Å². The minimum absolute atomic E-state index is 0.0693. The summed E-state index contributed by atoms with van der Waals surface area (Å²) in [6.45, 7) is 5.20. The Labute approximate surface area is 276 Å². The SMILES string of the molecule is N#Cc1cc(-c2ncnc(Nc3ccc(N4CCN(C5COC5)CC4)cc3F)n2)ccc1O[C@H]1CCN(C(=O)C2CCC(=O)C2)C[C@H]1F. The zero-order valence-electron chi connectivity index (χ0n) is 26.4. The number of hydrogen-bond acceptors (Lipinski definition) is 11. The number of carbonyl (C=O) groups excluding carboxylic acids is 2. The molecule has 1 saturated carbocycles. The zero-order chi connectivity index (χ0) is 33.2. The number of Topliss-reactive ketones (excluding diaryl/α,β-unsaturated/α-hetero) is 1. The molecule has 0 spiro atoms. The van der Waals surface area contributed by atoms with E-state index >= 15 is 8.78 Å². The van der Waals surface area contributed by atoms with E-state index in [0.29, 0.717) is 31.0 Å². The molecule has 250 valence electrons. The van der Waals surface area contributed by atoms with Gasteiger partial charge in [0.05, 0.1) is 37.1 Å². The molecule has 4 heterocycles. The molecule has 3 aromatic rings. The van der Waals surface area contributed by atoms with Crippen molar-refractivity contribution in [2.24, 2.45) is 5.92 Å². The van der Waals surface area contributed by atoms with Crippen LogP contribution < -0.4 is 15.0 Å². The number of nitriles is 1. The number of nitrogens with one attached hydrogen (secondary N) is 1. The standard InChI is InChI=1S/C34H36F2N8O4/c35-27-15-24(42-9-11-43(12-10-42)25-18-47-19-25)3-5-29(27)40-34-39-20-38-32(41-34)21-2-6-30(23(13-21)16-37)48-31-7-8-44(17-28(31)36)33(46)22-1-4-26(45)14-22/h2-3,5-6,13,15,20,22,25,28,31H,1,4,7-12,14,17-19H2,(H,38,39,40,41)/t22?,28-,31+/m1/s1. The smallest absolute Gasteiger partial charge is 0.230 e. The minimum Gasteiger partial charge on any atom is -0.486 e. The molecule has 1 N–H and O–H groups in total. The molecule has 4 fully saturated rings. The van der Waals surface area contributed by atoms with Gasteiger partial charge in [-0.15, -0.1) is 0 Å². The van der Waals surface area contributed by atoms with Gasteiger partial charge in [0.15, 0.2) is 12.0 Å². The van der Waals surface area contributed by atoms with E-state index in [1.165, 1.54) is 17.3 Å². The third-order valence-corrected chi connectivity index (χ3v) is 9.61. The van der Waals surface area contributed by atoms with Crippen molar-refractivity contribution < 1.29 is 27.8 Å². The summed E-state index contributed by atoms with van der Waals surface area (Å²) in [5.74, 6) is -0.321. The first kappa shape index (κ1) is 31.8. The first-order valence-corrected chi connectivity index (χ1v) is 16.3. The van der Waals surface area contributed by atoms with Gasteiger partial charge in [0.2, 0.25) is 11.9 Å². The van der Waals surface area contributed by atoms with Crippen molar-refractivity contribution in [2.75, 3.05) is 62.7 Å². The summed E-state index contributed by atoms with van der Waals surface area (Å²) in [5.41, 5.74) is 1.69. The largest absolute Gasteiger partial charge is 0.486 e. The Hall–Kier alpha value is -4.74. The monoisotopic (exact) mass is 658 g/mol. The molecule has 1 amide bonds. The maximum atomic E-state index is 15.2. The molecule has 4 aliphatic rings. The molecule has 3 aliphatic heterocycles. The number of hydrogen-bond donors (Lipinski definition) is 1. The van der Waals surface area contributed by atoms with Crippen LogP contribution in [-0.4, -0.2) is 107 Å². The number of likely N-dealkylation sites (tertiary alicyclic amines) is 1. The predicted octanol–water partition coefficient (Wildman–Crippen LogP) is 3.50. The number of alkyl halides is 1. The molecule has 3 atom stereocenters. The highest BCUT2D eigenvalue weighted by atomic mass is 19.1. The van der Waals surface area contributed by atoms with Crippen LogP contribution in [0.5, 0.6) is 5.75 Å². The Kier molecular flexibility index (Phi) is 9.14. The van der Waals surface area contributed by atoms with Crippen molar-refractivity contribution in [3.8, 4) is 23.2 Å². The number of benzene rings is 2. The normalized spacial score (nSPS) is 23.4. The number of halogens is 2. The lowest BCUT2D eigenvalue weighted by Gasteiger charge is -2.43. The molecule has 7 rings (SSSR count). The molecule has 48 heavy (non-hydrogen) atoms. The van der Waals surface area contributed by atoms with Crippen LogP contribution in [0.4, 0.5) is 26.1 Å². The van der Waals surface area contributed by atoms with Gasteiger partial charge in [0.1, 0.15) is 35.9 Å². The average molecular weight is 659 g/mol. The highest BCUT2D eigenvalue weighted by Gasteiger charge is 2.38. The first-order valence-electron chi connectivity index (χ1n) is 16.3. The molecule has 3 saturated heterocycles. The van der Waals surface area contributed by atoms with Gasteiger partial charge < -0.3 is 24.6 Å². The van der Waals surface area contributed by atoms with Crippen LogP contribution in [0.1, 0.15) is 31.2 Å². The van der Waals surface area contributed by atoms with E-state index in [1.54, 1.807) is 24.3 Å². The Morgan fingerprint density at radius 1 is 1.06 bits per heavy atom. The molecule has 12 nitrogen and oxygen atoms in total. The molecule has 1 aromatic heterocycles. The van der Waals surface area contributed by atoms with Gasteiger partial charge in [0.25, 0.3) is 0 Å². The van der Waals surface area contributed by atoms with Gasteiger partial charge in [-0.25, -0.2) is 18.7 Å². The van der Waals surface area contributed by atoms with Crippen molar-refractivity contribution in [1.29, 1.82) is 5.26 Å². The summed E-state index contributed by atoms with van der Waals surface area (Å²) in [5, 5.41) is 12.8. The summed E-state index contributed by atoms with van der Waals surface area (Å²) >= 11 is 0. The van der Waals surface area contributed by atoms with Gasteiger partial charge in [-0.1, -0.05) is 0 Å². The van der Waals surface area contributed by atoms with Crippen LogP contribution in [0.2, 0.25) is 0 Å². The number of piperazine rings is 1. The van der Waals surface area contributed by atoms with Crippen LogP contribution in [0, 0.1) is 23.1 Å². The number of ketones is 1. The lowest BCUT2D eigenvalue weighted by Crippen LogP contribution is -2.56. The highest BCUT2D eigenvalue weighted by molar-refractivity contribution is 5.90. The number of carbonyl (C=O) groups is 2. The van der Waals surface area contributed by atoms with Gasteiger partial charge in [-0.3, -0.25) is 14.5 Å². The number of anilines is 3. The number of ether oxygens (including phenoxy) is 2. The van der Waals surface area contributed by atoms with Crippen molar-refractivity contribution in [2.45, 2.75) is 44.0 Å². The van der Waals surface area contributed by atoms with Crippen molar-refractivity contribution in [3.05, 3.63) is 54.1 Å². The molecular formula is C34H36F2N8O4. The molecule has 0 bridgehead atoms. The van der Waals surface area contributed by atoms with E-state index in [9.17, 15) is 14.9 Å². The highest BCUT2D eigenvalue weighted by Crippen LogP contribution is 2.31. The van der Waals surface area contributed by atoms with Crippen LogP contribution in [-0.2, 0) is 14.3 Å². The molecular weight excluding hydrogens is 622 g/mol. The summed E-state index contributed by atoms with van der Waals surface area (Å²) in [4.78, 5) is 43.2. The van der Waals surface area contributed by atoms with Crippen LogP contribution in [0.25, 0.3) is 11.4 Å². The average Bonchev–Trinajstić information content (AvgIpc) is 3.52. The molecule has 1 aliphatic carbocycles. The predicted molar refractivity (Wildman–Crippen MR) is 171 cm³/mol. The van der Waals surface area contributed by atoms with E-state index in [4.69, 9.17) is 9.47 Å². The third-order valence-electron chi connectivity index (χ3n) is 9.61. The fourth-order valence-corrected chi connectivity index (χ4v) is 6.72. The second kappa shape index (κ2) is 13.8. The number of nitrogens with zero attached hydrogens (tertiary/aromatic N) is 7. The number of rotatable bonds is 8. The Morgan fingerprint density at radius 2 is 1.90 bits per heavy atom. The number of amides is 1. The molecule has 2 aromatic carbocycles. The number of piperidine rings is 1. The maximum Gasteiger partial charge on any atom is 0.230 e. The van der Waals surface area contributed by atoms with Gasteiger partial charge >= 0.3 is 0 Å². The Morgan fingerprint density at radius 3 is 2.58 bits per heavy atom. The summed E-state index contributed by atoms with van der Waals surface area (Å²) in [6, 6.07) is 12.4. The molecule has 0 radical (unpaired) electrons. The molecule has 14 heteroatoms. The summed E-state index contributed by atoms with van der Waals surface area (Å²) < 4.78 is 41.6. The van der Waals surface area contributed by atoms with Crippen molar-refractivity contribution in [3.63, 3.8) is 0 Å². The second-order valence-corrected chi connectivity index (χ2v) is 12.7. The van der Waals surface area contributed by atoms with E-state index in [-0.39, 0.29) is 65.8 Å². The van der Waals surface area contributed by atoms with Crippen LogP contribution in [0.15, 0.2) is 42.7 Å². The Bertz CT molecular complexity index is 1730. The molecule has 1 unspecified atom stereocenters. The summed E-state index contributed by atoms with van der Waals surface area (Å²) in [6.07, 6.45) is 0.404. The quantitative estimate of drug-likeness (QED) is 0.381. The van der Waals surface area contributed by atoms with Gasteiger partial charge in [-0.2, -0.15) is 10.2 Å². The topological polar surface area (TPSA) is 137 Å². The maximum absolute atomic E-state index is 15.2. The van der Waals surface area contributed by atoms with Gasteiger partial charge in [-0.05, 0) is 42.8 Å². The first-order chi connectivity index (χ1) is 23.3. The minimum atomic E-state index is -1.45. The lowest BCUT2D eigenvalue weighted by molar-refractivity contribution is -0.139. The number of aromatic nitrogens is 3. The zero-order valence-corrected chi connectivity index (χ0v) is 26.4. The Balaban J connectivity index is 0.974. The van der Waals surface area contributed by atoms with Gasteiger partial charge in [0, 0.05) is 69.2 Å². The summed E-state index contributed by atoms with van der Waals surface area (Å²) in [7, 11) is 0. The van der Waals surface area contributed by atoms with Crippen LogP contribution in [0.3, 0.4) is 0 Å². The fourth-order valence-electron chi connectivity index (χ4n) is 6.72. The van der Waals surface area contributed by atoms with E-state index in [0.717, 1.165) is 45.1 Å². The van der Waals surface area contributed by atoms with Crippen molar-refractivity contribution in [1.82, 2.24) is 24.8 Å². The van der Waals surface area contributed by atoms with E-state index in [1.807, 2.05) is 6.07 Å². The van der Waals surface area contributed by atoms with Crippen molar-refractivity contribution >= 4 is 29.0 Å². The fraction of sp³-hybridized carbons (Fsp3) is 0.471. The lowest BCUT2D eigenvalue weighted by atomic mass is 10.0.